The first-order valence-corrected chi connectivity index (χ1v) is 6.40. The summed E-state index contributed by atoms with van der Waals surface area (Å²) in [5.74, 6) is 6.48. The Labute approximate surface area is 121 Å². The predicted octanol–water partition coefficient (Wildman–Crippen LogP) is 1.94. The Morgan fingerprint density at radius 2 is 1.81 bits per heavy atom. The molecule has 0 spiro atoms. The summed E-state index contributed by atoms with van der Waals surface area (Å²) in [6, 6.07) is 11.6. The van der Waals surface area contributed by atoms with Crippen LogP contribution in [-0.2, 0) is 0 Å². The Balaban J connectivity index is 2.05. The molecule has 0 saturated carbocycles. The molecule has 3 aromatic rings. The Kier molecular flexibility index (Phi) is 3.25. The van der Waals surface area contributed by atoms with Gasteiger partial charge < -0.3 is 16.5 Å². The number of hydrazine groups is 1. The minimum atomic E-state index is 0.136. The maximum absolute atomic E-state index is 5.65. The largest absolute Gasteiger partial charge is 0.368 e. The fourth-order valence-electron chi connectivity index (χ4n) is 2.09. The van der Waals surface area contributed by atoms with E-state index < -0.39 is 0 Å². The van der Waals surface area contributed by atoms with Gasteiger partial charge in [-0.05, 0) is 19.1 Å². The molecule has 0 aliphatic carbocycles. The topological polar surface area (TPSA) is 115 Å². The van der Waals surface area contributed by atoms with Crippen LogP contribution in [0.3, 0.4) is 0 Å². The second-order valence-electron chi connectivity index (χ2n) is 4.60. The van der Waals surface area contributed by atoms with Gasteiger partial charge in [-0.25, -0.2) is 5.84 Å². The quantitative estimate of drug-likeness (QED) is 0.428. The molecule has 0 aliphatic heterocycles. The van der Waals surface area contributed by atoms with E-state index in [0.29, 0.717) is 11.6 Å². The molecular weight excluding hydrogens is 266 g/mol. The van der Waals surface area contributed by atoms with Crippen molar-refractivity contribution < 1.29 is 0 Å². The number of pyridine rings is 1. The van der Waals surface area contributed by atoms with Crippen LogP contribution in [0.5, 0.6) is 0 Å². The molecule has 21 heavy (non-hydrogen) atoms. The summed E-state index contributed by atoms with van der Waals surface area (Å²) in [6.07, 6.45) is 0. The number of aryl methyl sites for hydroxylation is 1. The predicted molar refractivity (Wildman–Crippen MR) is 84.0 cm³/mol. The molecule has 0 amide bonds. The van der Waals surface area contributed by atoms with Crippen molar-refractivity contribution in [2.75, 3.05) is 16.5 Å². The maximum Gasteiger partial charge on any atom is 0.223 e. The number of hydrogen-bond acceptors (Lipinski definition) is 7. The van der Waals surface area contributed by atoms with Gasteiger partial charge in [0.2, 0.25) is 5.95 Å². The lowest BCUT2D eigenvalue weighted by molar-refractivity contribution is 1.15. The zero-order chi connectivity index (χ0) is 14.8. The monoisotopic (exact) mass is 281 g/mol. The van der Waals surface area contributed by atoms with Crippen molar-refractivity contribution in [3.8, 4) is 0 Å². The normalized spacial score (nSPS) is 10.6. The summed E-state index contributed by atoms with van der Waals surface area (Å²) < 4.78 is 0. The van der Waals surface area contributed by atoms with E-state index >= 15 is 0 Å². The van der Waals surface area contributed by atoms with Crippen molar-refractivity contribution in [3.05, 3.63) is 42.1 Å². The lowest BCUT2D eigenvalue weighted by Gasteiger charge is -2.10. The zero-order valence-electron chi connectivity index (χ0n) is 11.5. The minimum Gasteiger partial charge on any atom is -0.368 e. The van der Waals surface area contributed by atoms with Crippen molar-refractivity contribution in [3.63, 3.8) is 0 Å². The number of nitrogens with two attached hydrogens (primary N) is 2. The zero-order valence-corrected chi connectivity index (χ0v) is 11.5. The number of anilines is 4. The van der Waals surface area contributed by atoms with Gasteiger partial charge in [-0.1, -0.05) is 18.2 Å². The number of rotatable bonds is 3. The van der Waals surface area contributed by atoms with Crippen LogP contribution in [0, 0.1) is 6.92 Å². The number of hydrogen-bond donors (Lipinski definition) is 4. The van der Waals surface area contributed by atoms with E-state index in [4.69, 9.17) is 11.6 Å². The van der Waals surface area contributed by atoms with Crippen LogP contribution in [0.15, 0.2) is 36.4 Å². The average Bonchev–Trinajstić information content (AvgIpc) is 2.47. The first-order valence-electron chi connectivity index (χ1n) is 6.40. The van der Waals surface area contributed by atoms with Crippen LogP contribution >= 0.6 is 0 Å². The lowest BCUT2D eigenvalue weighted by Crippen LogP contribution is -2.11. The highest BCUT2D eigenvalue weighted by atomic mass is 15.3. The summed E-state index contributed by atoms with van der Waals surface area (Å²) in [7, 11) is 0. The number of nitrogen functional groups attached to an aromatic ring is 2. The van der Waals surface area contributed by atoms with Crippen molar-refractivity contribution in [1.29, 1.82) is 0 Å². The molecule has 2 heterocycles. The summed E-state index contributed by atoms with van der Waals surface area (Å²) >= 11 is 0. The molecule has 7 heteroatoms. The van der Waals surface area contributed by atoms with E-state index in [1.54, 1.807) is 6.07 Å². The summed E-state index contributed by atoms with van der Waals surface area (Å²) in [4.78, 5) is 12.6. The molecule has 3 rings (SSSR count). The Morgan fingerprint density at radius 1 is 1.00 bits per heavy atom. The molecule has 0 aliphatic rings. The molecule has 1 aromatic carbocycles. The second-order valence-corrected chi connectivity index (χ2v) is 4.60. The van der Waals surface area contributed by atoms with Crippen molar-refractivity contribution >= 4 is 34.2 Å². The number of benzene rings is 1. The van der Waals surface area contributed by atoms with E-state index in [0.717, 1.165) is 22.3 Å². The molecule has 0 bridgehead atoms. The van der Waals surface area contributed by atoms with Crippen LogP contribution in [-0.4, -0.2) is 15.0 Å². The van der Waals surface area contributed by atoms with Gasteiger partial charge in [0.15, 0.2) is 0 Å². The molecule has 0 radical (unpaired) electrons. The van der Waals surface area contributed by atoms with Crippen molar-refractivity contribution in [1.82, 2.24) is 15.0 Å². The van der Waals surface area contributed by atoms with Crippen LogP contribution in [0.4, 0.5) is 23.3 Å². The molecule has 0 saturated heterocycles. The molecule has 6 N–H and O–H groups in total. The maximum atomic E-state index is 5.65. The second kappa shape index (κ2) is 5.22. The SMILES string of the molecule is Cc1ccc2cccc(Nc3cc(NN)nc(N)n3)c2n1. The van der Waals surface area contributed by atoms with E-state index in [2.05, 4.69) is 25.7 Å². The average molecular weight is 281 g/mol. The molecule has 0 atom stereocenters. The third-order valence-corrected chi connectivity index (χ3v) is 3.01. The summed E-state index contributed by atoms with van der Waals surface area (Å²) in [5, 5.41) is 4.25. The third kappa shape index (κ3) is 2.67. The molecular formula is C14H15N7. The highest BCUT2D eigenvalue weighted by Gasteiger charge is 2.06. The van der Waals surface area contributed by atoms with Crippen LogP contribution < -0.4 is 22.3 Å². The number of para-hydroxylation sites is 1. The van der Waals surface area contributed by atoms with E-state index in [1.807, 2.05) is 37.3 Å². The fourth-order valence-corrected chi connectivity index (χ4v) is 2.09. The van der Waals surface area contributed by atoms with Gasteiger partial charge in [-0.3, -0.25) is 4.98 Å². The molecule has 7 nitrogen and oxygen atoms in total. The first kappa shape index (κ1) is 13.1. The van der Waals surface area contributed by atoms with Gasteiger partial charge >= 0.3 is 0 Å². The van der Waals surface area contributed by atoms with Gasteiger partial charge in [0.1, 0.15) is 11.6 Å². The number of nitrogens with zero attached hydrogens (tertiary/aromatic N) is 3. The lowest BCUT2D eigenvalue weighted by atomic mass is 10.1. The number of fused-ring (bicyclic) bond motifs is 1. The van der Waals surface area contributed by atoms with Gasteiger partial charge in [-0.15, -0.1) is 0 Å². The van der Waals surface area contributed by atoms with Crippen LogP contribution in [0.2, 0.25) is 0 Å². The first-order chi connectivity index (χ1) is 10.2. The molecule has 106 valence electrons. The molecule has 0 fully saturated rings. The smallest absolute Gasteiger partial charge is 0.223 e. The fraction of sp³-hybridized carbons (Fsp3) is 0.0714. The van der Waals surface area contributed by atoms with Gasteiger partial charge in [0.05, 0.1) is 11.2 Å². The summed E-state index contributed by atoms with van der Waals surface area (Å²) in [6.45, 7) is 1.95. The third-order valence-electron chi connectivity index (χ3n) is 3.01. The Morgan fingerprint density at radius 3 is 2.62 bits per heavy atom. The summed E-state index contributed by atoms with van der Waals surface area (Å²) in [5.41, 5.74) is 10.8. The number of aromatic nitrogens is 3. The van der Waals surface area contributed by atoms with E-state index in [1.165, 1.54) is 0 Å². The number of nitrogens with one attached hydrogen (secondary N) is 2. The van der Waals surface area contributed by atoms with Crippen molar-refractivity contribution in [2.24, 2.45) is 5.84 Å². The van der Waals surface area contributed by atoms with Crippen LogP contribution in [0.1, 0.15) is 5.69 Å². The van der Waals surface area contributed by atoms with Gasteiger partial charge in [0.25, 0.3) is 0 Å². The van der Waals surface area contributed by atoms with Crippen molar-refractivity contribution in [2.45, 2.75) is 6.92 Å². The van der Waals surface area contributed by atoms with E-state index in [9.17, 15) is 0 Å². The van der Waals surface area contributed by atoms with Crippen LogP contribution in [0.25, 0.3) is 10.9 Å². The highest BCUT2D eigenvalue weighted by molar-refractivity contribution is 5.92. The minimum absolute atomic E-state index is 0.136. The van der Waals surface area contributed by atoms with E-state index in [-0.39, 0.29) is 5.95 Å². The Bertz CT molecular complexity index is 800. The standard InChI is InChI=1S/C14H15N7/c1-8-5-6-9-3-2-4-10(13(9)17-8)18-11-7-12(21-16)20-14(15)19-11/h2-7H,16H2,1H3,(H4,15,18,19,20,21). The Hall–Kier alpha value is -2.93. The highest BCUT2D eigenvalue weighted by Crippen LogP contribution is 2.25. The van der Waals surface area contributed by atoms with Gasteiger partial charge in [-0.2, -0.15) is 9.97 Å². The molecule has 0 unspecified atom stereocenters. The van der Waals surface area contributed by atoms with Gasteiger partial charge in [0, 0.05) is 17.1 Å². The molecule has 2 aromatic heterocycles.